The topological polar surface area (TPSA) is 105 Å². The molecule has 0 aromatic carbocycles. The van der Waals surface area contributed by atoms with Crippen LogP contribution in [0.15, 0.2) is 0 Å². The molecule has 1 fully saturated rings. The summed E-state index contributed by atoms with van der Waals surface area (Å²) in [5.74, 6) is -0.333. The van der Waals surface area contributed by atoms with Gasteiger partial charge in [-0.15, -0.1) is 0 Å². The third-order valence-corrected chi connectivity index (χ3v) is 1.89. The lowest BCUT2D eigenvalue weighted by Crippen LogP contribution is -2.33. The van der Waals surface area contributed by atoms with Gasteiger partial charge in [-0.25, -0.2) is 0 Å². The van der Waals surface area contributed by atoms with E-state index >= 15 is 0 Å². The van der Waals surface area contributed by atoms with Crippen molar-refractivity contribution in [3.05, 3.63) is 0 Å². The van der Waals surface area contributed by atoms with Gasteiger partial charge in [0.25, 0.3) is 0 Å². The third-order valence-electron chi connectivity index (χ3n) is 1.89. The average molecular weight is 187 g/mol. The van der Waals surface area contributed by atoms with E-state index in [2.05, 4.69) is 16.4 Å². The number of hydrogen-bond acceptors (Lipinski definition) is 3. The van der Waals surface area contributed by atoms with Crippen molar-refractivity contribution in [2.45, 2.75) is 19.3 Å². The van der Waals surface area contributed by atoms with E-state index in [-0.39, 0.29) is 5.96 Å². The van der Waals surface area contributed by atoms with Crippen LogP contribution in [0.3, 0.4) is 0 Å². The van der Waals surface area contributed by atoms with E-state index in [1.165, 1.54) is 32.4 Å². The third kappa shape index (κ3) is 9.10. The molecule has 1 saturated heterocycles. The molecule has 0 spiro atoms. The molecular formula is C8H21N5. The van der Waals surface area contributed by atoms with Crippen LogP contribution in [-0.2, 0) is 0 Å². The Morgan fingerprint density at radius 3 is 2.00 bits per heavy atom. The fraction of sp³-hybridized carbons (Fsp3) is 0.875. The zero-order valence-electron chi connectivity index (χ0n) is 8.13. The van der Waals surface area contributed by atoms with Crippen LogP contribution < -0.4 is 17.2 Å². The van der Waals surface area contributed by atoms with Gasteiger partial charge >= 0.3 is 0 Å². The Morgan fingerprint density at radius 2 is 1.62 bits per heavy atom. The minimum absolute atomic E-state index is 0.333. The normalized spacial score (nSPS) is 17.3. The Labute approximate surface area is 79.8 Å². The number of nitrogens with two attached hydrogens (primary N) is 3. The minimum atomic E-state index is -0.333. The summed E-state index contributed by atoms with van der Waals surface area (Å²) in [6.07, 6.45) is 4.17. The first kappa shape index (κ1) is 12.2. The monoisotopic (exact) mass is 187 g/mol. The highest BCUT2D eigenvalue weighted by molar-refractivity contribution is 5.71. The molecule has 0 saturated carbocycles. The van der Waals surface area contributed by atoms with Gasteiger partial charge in [0, 0.05) is 13.1 Å². The average Bonchev–Trinajstić information content (AvgIpc) is 2.06. The van der Waals surface area contributed by atoms with Gasteiger partial charge in [-0.05, 0) is 25.9 Å². The molecule has 0 bridgehead atoms. The van der Waals surface area contributed by atoms with Gasteiger partial charge in [0.15, 0.2) is 5.96 Å². The molecule has 5 heteroatoms. The predicted octanol–water partition coefficient (Wildman–Crippen LogP) is -0.730. The number of guanidine groups is 1. The molecule has 0 unspecified atom stereocenters. The lowest BCUT2D eigenvalue weighted by Gasteiger charge is -2.25. The van der Waals surface area contributed by atoms with Crippen LogP contribution in [0.5, 0.6) is 0 Å². The Bertz CT molecular complexity index is 124. The second-order valence-corrected chi connectivity index (χ2v) is 3.15. The summed E-state index contributed by atoms with van der Waals surface area (Å²) in [6.45, 7) is 4.47. The van der Waals surface area contributed by atoms with Crippen molar-refractivity contribution in [1.29, 1.82) is 5.41 Å². The summed E-state index contributed by atoms with van der Waals surface area (Å²) in [6, 6.07) is 0. The van der Waals surface area contributed by atoms with Crippen molar-refractivity contribution >= 4 is 5.96 Å². The van der Waals surface area contributed by atoms with Crippen molar-refractivity contribution < 1.29 is 0 Å². The first-order valence-corrected chi connectivity index (χ1v) is 4.68. The van der Waals surface area contributed by atoms with Crippen LogP contribution in [0.2, 0.25) is 0 Å². The SMILES string of the molecule is N=C(N)N.NCCN1CCCCC1. The minimum Gasteiger partial charge on any atom is -0.370 e. The van der Waals surface area contributed by atoms with Crippen molar-refractivity contribution in [3.63, 3.8) is 0 Å². The highest BCUT2D eigenvalue weighted by Gasteiger charge is 2.07. The van der Waals surface area contributed by atoms with E-state index < -0.39 is 0 Å². The van der Waals surface area contributed by atoms with Crippen molar-refractivity contribution in [2.24, 2.45) is 17.2 Å². The van der Waals surface area contributed by atoms with E-state index in [4.69, 9.17) is 11.1 Å². The summed E-state index contributed by atoms with van der Waals surface area (Å²) in [5.41, 5.74) is 14.4. The van der Waals surface area contributed by atoms with E-state index in [9.17, 15) is 0 Å². The second-order valence-electron chi connectivity index (χ2n) is 3.15. The van der Waals surface area contributed by atoms with Crippen LogP contribution in [0, 0.1) is 5.41 Å². The summed E-state index contributed by atoms with van der Waals surface area (Å²) in [7, 11) is 0. The maximum absolute atomic E-state index is 6.06. The zero-order chi connectivity index (χ0) is 10.1. The number of nitrogens with one attached hydrogen (secondary N) is 1. The lowest BCUT2D eigenvalue weighted by molar-refractivity contribution is 0.235. The van der Waals surface area contributed by atoms with Gasteiger partial charge in [-0.3, -0.25) is 5.41 Å². The van der Waals surface area contributed by atoms with Crippen LogP contribution in [0.1, 0.15) is 19.3 Å². The molecule has 1 aliphatic rings. The molecule has 0 atom stereocenters. The largest absolute Gasteiger partial charge is 0.370 e. The maximum atomic E-state index is 6.06. The van der Waals surface area contributed by atoms with Crippen LogP contribution in [-0.4, -0.2) is 37.0 Å². The van der Waals surface area contributed by atoms with E-state index in [1.54, 1.807) is 0 Å². The van der Waals surface area contributed by atoms with Crippen molar-refractivity contribution in [1.82, 2.24) is 4.90 Å². The molecule has 5 nitrogen and oxygen atoms in total. The van der Waals surface area contributed by atoms with E-state index in [0.29, 0.717) is 0 Å². The van der Waals surface area contributed by atoms with Gasteiger partial charge in [0.1, 0.15) is 0 Å². The summed E-state index contributed by atoms with van der Waals surface area (Å²) in [5, 5.41) is 6.06. The summed E-state index contributed by atoms with van der Waals surface area (Å²) in [4.78, 5) is 2.45. The lowest BCUT2D eigenvalue weighted by atomic mass is 10.1. The molecule has 1 heterocycles. The molecule has 13 heavy (non-hydrogen) atoms. The van der Waals surface area contributed by atoms with Crippen LogP contribution in [0.4, 0.5) is 0 Å². The van der Waals surface area contributed by atoms with Gasteiger partial charge in [0.2, 0.25) is 0 Å². The van der Waals surface area contributed by atoms with Crippen molar-refractivity contribution in [3.8, 4) is 0 Å². The molecule has 1 aliphatic heterocycles. The molecule has 0 radical (unpaired) electrons. The van der Waals surface area contributed by atoms with Gasteiger partial charge in [-0.2, -0.15) is 0 Å². The zero-order valence-corrected chi connectivity index (χ0v) is 8.13. The maximum Gasteiger partial charge on any atom is 0.183 e. The number of nitrogens with zero attached hydrogens (tertiary/aromatic N) is 1. The summed E-state index contributed by atoms with van der Waals surface area (Å²) >= 11 is 0. The predicted molar refractivity (Wildman–Crippen MR) is 55.4 cm³/mol. The fourth-order valence-corrected chi connectivity index (χ4v) is 1.37. The molecule has 0 amide bonds. The number of piperidine rings is 1. The number of hydrogen-bond donors (Lipinski definition) is 4. The second kappa shape index (κ2) is 7.82. The first-order valence-electron chi connectivity index (χ1n) is 4.68. The number of likely N-dealkylation sites (tertiary alicyclic amines) is 1. The fourth-order valence-electron chi connectivity index (χ4n) is 1.37. The Hall–Kier alpha value is -0.810. The molecule has 0 aromatic heterocycles. The van der Waals surface area contributed by atoms with Crippen LogP contribution in [0.25, 0.3) is 0 Å². The molecule has 0 aromatic rings. The quantitative estimate of drug-likeness (QED) is 0.338. The first-order chi connectivity index (χ1) is 6.16. The smallest absolute Gasteiger partial charge is 0.183 e. The number of rotatable bonds is 2. The van der Waals surface area contributed by atoms with Gasteiger partial charge in [-0.1, -0.05) is 6.42 Å². The standard InChI is InChI=1S/C7H16N2.CH5N3/c8-4-7-9-5-2-1-3-6-9;2-1(3)4/h1-8H2;(H5,2,3,4). The Morgan fingerprint density at radius 1 is 1.15 bits per heavy atom. The van der Waals surface area contributed by atoms with Crippen LogP contribution >= 0.6 is 0 Å². The summed E-state index contributed by atoms with van der Waals surface area (Å²) < 4.78 is 0. The Balaban J connectivity index is 0.000000310. The highest BCUT2D eigenvalue weighted by atomic mass is 15.1. The Kier molecular flexibility index (Phi) is 7.33. The molecule has 0 aliphatic carbocycles. The highest BCUT2D eigenvalue weighted by Crippen LogP contribution is 2.06. The molecular weight excluding hydrogens is 166 g/mol. The van der Waals surface area contributed by atoms with E-state index in [0.717, 1.165) is 13.1 Å². The molecule has 1 rings (SSSR count). The van der Waals surface area contributed by atoms with Crippen molar-refractivity contribution in [2.75, 3.05) is 26.2 Å². The van der Waals surface area contributed by atoms with E-state index in [1.807, 2.05) is 0 Å². The molecule has 7 N–H and O–H groups in total. The van der Waals surface area contributed by atoms with Gasteiger partial charge in [0.05, 0.1) is 0 Å². The molecule has 78 valence electrons. The van der Waals surface area contributed by atoms with Gasteiger partial charge < -0.3 is 22.1 Å².